The highest BCUT2D eigenvalue weighted by Gasteiger charge is 2.21. The van der Waals surface area contributed by atoms with Gasteiger partial charge in [0.05, 0.1) is 0 Å². The first-order valence-corrected chi connectivity index (χ1v) is 11.2. The molecule has 1 saturated carbocycles. The maximum Gasteiger partial charge on any atom is 0.412 e. The van der Waals surface area contributed by atoms with Crippen LogP contribution in [0.25, 0.3) is 11.3 Å². The van der Waals surface area contributed by atoms with Gasteiger partial charge in [-0.05, 0) is 44.2 Å². The summed E-state index contributed by atoms with van der Waals surface area (Å²) in [5, 5.41) is 7.52. The molecule has 0 saturated heterocycles. The number of ether oxygens (including phenoxy) is 1. The lowest BCUT2D eigenvalue weighted by Gasteiger charge is -2.22. The quantitative estimate of drug-likeness (QED) is 0.444. The molecule has 1 fully saturated rings. The van der Waals surface area contributed by atoms with Crippen LogP contribution in [0.3, 0.4) is 0 Å². The summed E-state index contributed by atoms with van der Waals surface area (Å²) in [5.41, 5.74) is 4.12. The van der Waals surface area contributed by atoms with Crippen molar-refractivity contribution >= 4 is 23.4 Å². The zero-order valence-electron chi connectivity index (χ0n) is 17.9. The molecule has 4 rings (SSSR count). The lowest BCUT2D eigenvalue weighted by molar-refractivity contribution is 0.121. The van der Waals surface area contributed by atoms with Gasteiger partial charge in [-0.2, -0.15) is 0 Å². The van der Waals surface area contributed by atoms with E-state index in [0.29, 0.717) is 28.1 Å². The Balaban J connectivity index is 1.47. The Morgan fingerprint density at radius 1 is 1.13 bits per heavy atom. The first-order chi connectivity index (χ1) is 15.0. The number of hydrogen-bond donors (Lipinski definition) is 1. The van der Waals surface area contributed by atoms with Crippen molar-refractivity contribution in [2.45, 2.75) is 58.0 Å². The number of carbonyl (C=O) groups is 1. The first-order valence-electron chi connectivity index (χ1n) is 10.8. The van der Waals surface area contributed by atoms with Crippen LogP contribution in [0.1, 0.15) is 67.9 Å². The second-order valence-corrected chi connectivity index (χ2v) is 8.52. The molecule has 1 amide bonds. The minimum atomic E-state index is -0.584. The molecule has 162 valence electrons. The summed E-state index contributed by atoms with van der Waals surface area (Å²) in [6.45, 7) is 3.55. The van der Waals surface area contributed by atoms with E-state index >= 15 is 0 Å². The molecule has 0 aliphatic heterocycles. The van der Waals surface area contributed by atoms with E-state index in [1.165, 1.54) is 37.7 Å². The molecule has 0 radical (unpaired) electrons. The van der Waals surface area contributed by atoms with Gasteiger partial charge in [-0.1, -0.05) is 78.5 Å². The molecule has 31 heavy (non-hydrogen) atoms. The third-order valence-corrected chi connectivity index (χ3v) is 6.32. The average molecular weight is 439 g/mol. The lowest BCUT2D eigenvalue weighted by atomic mass is 9.84. The average Bonchev–Trinajstić information content (AvgIpc) is 3.14. The summed E-state index contributed by atoms with van der Waals surface area (Å²) < 4.78 is 10.9. The molecule has 1 aliphatic carbocycles. The molecule has 1 aromatic heterocycles. The van der Waals surface area contributed by atoms with Gasteiger partial charge in [0, 0.05) is 16.1 Å². The van der Waals surface area contributed by atoms with Gasteiger partial charge in [0.1, 0.15) is 17.5 Å². The number of aromatic nitrogens is 1. The van der Waals surface area contributed by atoms with Crippen molar-refractivity contribution in [2.75, 3.05) is 5.32 Å². The van der Waals surface area contributed by atoms with Crippen molar-refractivity contribution < 1.29 is 14.1 Å². The van der Waals surface area contributed by atoms with E-state index in [-0.39, 0.29) is 0 Å². The molecule has 1 heterocycles. The summed E-state index contributed by atoms with van der Waals surface area (Å²) in [6, 6.07) is 15.7. The summed E-state index contributed by atoms with van der Waals surface area (Å²) in [6.07, 6.45) is 5.38. The van der Waals surface area contributed by atoms with Crippen LogP contribution < -0.4 is 5.32 Å². The number of nitrogens with zero attached hydrogens (tertiary/aromatic N) is 1. The van der Waals surface area contributed by atoms with E-state index in [0.717, 1.165) is 11.1 Å². The SMILES string of the molecule is Cc1onc(-c2ccc(C3CCCCC3)cc2)c1NC(=O)OC(C)c1ccccc1Cl. The molecule has 6 heteroatoms. The van der Waals surface area contributed by atoms with Gasteiger partial charge in [-0.3, -0.25) is 5.32 Å². The first kappa shape index (κ1) is 21.4. The van der Waals surface area contributed by atoms with Crippen molar-refractivity contribution in [3.05, 3.63) is 70.4 Å². The number of rotatable bonds is 5. The Labute approximate surface area is 187 Å². The van der Waals surface area contributed by atoms with Gasteiger partial charge in [0.2, 0.25) is 0 Å². The van der Waals surface area contributed by atoms with Crippen LogP contribution in [-0.2, 0) is 4.74 Å². The molecule has 0 bridgehead atoms. The largest absolute Gasteiger partial charge is 0.441 e. The zero-order valence-corrected chi connectivity index (χ0v) is 18.6. The predicted molar refractivity (Wildman–Crippen MR) is 122 cm³/mol. The van der Waals surface area contributed by atoms with Gasteiger partial charge in [0.25, 0.3) is 0 Å². The molecule has 1 unspecified atom stereocenters. The number of halogens is 1. The maximum atomic E-state index is 12.6. The van der Waals surface area contributed by atoms with Crippen molar-refractivity contribution in [1.82, 2.24) is 5.16 Å². The molecule has 5 nitrogen and oxygen atoms in total. The van der Waals surface area contributed by atoms with Crippen molar-refractivity contribution in [1.29, 1.82) is 0 Å². The monoisotopic (exact) mass is 438 g/mol. The van der Waals surface area contributed by atoms with Gasteiger partial charge in [-0.15, -0.1) is 0 Å². The minimum Gasteiger partial charge on any atom is -0.441 e. The lowest BCUT2D eigenvalue weighted by Crippen LogP contribution is -2.17. The van der Waals surface area contributed by atoms with Gasteiger partial charge < -0.3 is 9.26 Å². The van der Waals surface area contributed by atoms with E-state index in [4.69, 9.17) is 20.9 Å². The highest BCUT2D eigenvalue weighted by Crippen LogP contribution is 2.35. The number of aryl methyl sites for hydroxylation is 1. The Bertz CT molecular complexity index is 1040. The molecular formula is C25H27ClN2O3. The van der Waals surface area contributed by atoms with Crippen LogP contribution in [0.2, 0.25) is 5.02 Å². The second-order valence-electron chi connectivity index (χ2n) is 8.11. The Kier molecular flexibility index (Phi) is 6.62. The molecule has 3 aromatic rings. The molecule has 1 N–H and O–H groups in total. The number of benzene rings is 2. The van der Waals surface area contributed by atoms with Crippen molar-refractivity contribution in [3.8, 4) is 11.3 Å². The summed E-state index contributed by atoms with van der Waals surface area (Å²) >= 11 is 6.21. The van der Waals surface area contributed by atoms with Crippen LogP contribution in [-0.4, -0.2) is 11.2 Å². The summed E-state index contributed by atoms with van der Waals surface area (Å²) in [5.74, 6) is 1.16. The summed E-state index contributed by atoms with van der Waals surface area (Å²) in [7, 11) is 0. The van der Waals surface area contributed by atoms with E-state index in [1.54, 1.807) is 19.9 Å². The molecular weight excluding hydrogens is 412 g/mol. The molecule has 0 spiro atoms. The van der Waals surface area contributed by atoms with E-state index in [9.17, 15) is 4.79 Å². The van der Waals surface area contributed by atoms with E-state index in [2.05, 4.69) is 22.6 Å². The van der Waals surface area contributed by atoms with E-state index in [1.807, 2.05) is 30.3 Å². The van der Waals surface area contributed by atoms with Gasteiger partial charge in [-0.25, -0.2) is 4.79 Å². The number of anilines is 1. The highest BCUT2D eigenvalue weighted by atomic mass is 35.5. The Morgan fingerprint density at radius 3 is 2.55 bits per heavy atom. The number of hydrogen-bond acceptors (Lipinski definition) is 4. The van der Waals surface area contributed by atoms with Crippen molar-refractivity contribution in [3.63, 3.8) is 0 Å². The highest BCUT2D eigenvalue weighted by molar-refractivity contribution is 6.31. The van der Waals surface area contributed by atoms with Crippen molar-refractivity contribution in [2.24, 2.45) is 0 Å². The number of amides is 1. The van der Waals surface area contributed by atoms with Gasteiger partial charge >= 0.3 is 6.09 Å². The minimum absolute atomic E-state index is 0.493. The van der Waals surface area contributed by atoms with Crippen LogP contribution in [0, 0.1) is 6.92 Å². The smallest absolute Gasteiger partial charge is 0.412 e. The standard InChI is InChI=1S/C25H27ClN2O3/c1-16(21-10-6-7-11-22(21)26)30-25(29)27-23-17(2)31-28-24(23)20-14-12-19(13-15-20)18-8-4-3-5-9-18/h6-7,10-16,18H,3-5,8-9H2,1-2H3,(H,27,29). The van der Waals surface area contributed by atoms with E-state index < -0.39 is 12.2 Å². The topological polar surface area (TPSA) is 64.4 Å². The zero-order chi connectivity index (χ0) is 21.8. The predicted octanol–water partition coefficient (Wildman–Crippen LogP) is 7.66. The molecule has 2 aromatic carbocycles. The maximum absolute atomic E-state index is 12.6. The Morgan fingerprint density at radius 2 is 1.84 bits per heavy atom. The Hall–Kier alpha value is -2.79. The normalized spacial score (nSPS) is 15.5. The van der Waals surface area contributed by atoms with Crippen LogP contribution in [0.4, 0.5) is 10.5 Å². The number of nitrogens with one attached hydrogen (secondary N) is 1. The third-order valence-electron chi connectivity index (χ3n) is 5.98. The number of carbonyl (C=O) groups excluding carboxylic acids is 1. The van der Waals surface area contributed by atoms with Crippen LogP contribution >= 0.6 is 11.6 Å². The second kappa shape index (κ2) is 9.56. The fourth-order valence-corrected chi connectivity index (χ4v) is 4.52. The summed E-state index contributed by atoms with van der Waals surface area (Å²) in [4.78, 5) is 12.6. The molecule has 1 aliphatic rings. The third kappa shape index (κ3) is 4.93. The van der Waals surface area contributed by atoms with Crippen LogP contribution in [0.15, 0.2) is 53.1 Å². The fourth-order valence-electron chi connectivity index (χ4n) is 4.23. The fraction of sp³-hybridized carbons (Fsp3) is 0.360. The molecule has 1 atom stereocenters. The van der Waals surface area contributed by atoms with Gasteiger partial charge in [0.15, 0.2) is 5.76 Å². The van der Waals surface area contributed by atoms with Crippen LogP contribution in [0.5, 0.6) is 0 Å².